The molecule has 0 heterocycles. The molecule has 0 amide bonds. The van der Waals surface area contributed by atoms with Crippen LogP contribution in [0.15, 0.2) is 36.4 Å². The Balaban J connectivity index is 2.70. The fraction of sp³-hybridized carbons (Fsp3) is 0.438. The maximum Gasteiger partial charge on any atom is 0.331 e. The lowest BCUT2D eigenvalue weighted by Gasteiger charge is -2.26. The monoisotopic (exact) mass is 246 g/mol. The molecule has 0 saturated carbocycles. The van der Waals surface area contributed by atoms with E-state index in [9.17, 15) is 4.79 Å². The van der Waals surface area contributed by atoms with E-state index >= 15 is 0 Å². The van der Waals surface area contributed by atoms with Crippen LogP contribution >= 0.6 is 0 Å². The van der Waals surface area contributed by atoms with E-state index in [4.69, 9.17) is 4.74 Å². The number of esters is 1. The summed E-state index contributed by atoms with van der Waals surface area (Å²) in [6, 6.07) is 9.82. The number of rotatable bonds is 3. The molecular weight excluding hydrogens is 224 g/mol. The number of benzene rings is 1. The summed E-state index contributed by atoms with van der Waals surface area (Å²) in [4.78, 5) is 11.8. The summed E-state index contributed by atoms with van der Waals surface area (Å²) >= 11 is 0. The van der Waals surface area contributed by atoms with Gasteiger partial charge in [-0.2, -0.15) is 0 Å². The third-order valence-corrected chi connectivity index (χ3v) is 3.08. The molecule has 0 aliphatic heterocycles. The average Bonchev–Trinajstić information content (AvgIpc) is 2.28. The van der Waals surface area contributed by atoms with E-state index in [-0.39, 0.29) is 17.5 Å². The first-order valence-corrected chi connectivity index (χ1v) is 6.25. The lowest BCUT2D eigenvalue weighted by Crippen LogP contribution is -2.28. The molecule has 98 valence electrons. The Morgan fingerprint density at radius 3 is 2.28 bits per heavy atom. The third-order valence-electron chi connectivity index (χ3n) is 3.08. The number of hydrogen-bond donors (Lipinski definition) is 0. The van der Waals surface area contributed by atoms with Gasteiger partial charge in [0, 0.05) is 6.08 Å². The summed E-state index contributed by atoms with van der Waals surface area (Å²) in [5.41, 5.74) is 1.92. The number of carbonyl (C=O) groups excluding carboxylic acids is 1. The molecule has 0 saturated heterocycles. The van der Waals surface area contributed by atoms with Crippen LogP contribution in [-0.2, 0) is 9.53 Å². The van der Waals surface area contributed by atoms with Crippen LogP contribution in [0.5, 0.6) is 0 Å². The van der Waals surface area contributed by atoms with E-state index in [2.05, 4.69) is 20.8 Å². The van der Waals surface area contributed by atoms with E-state index in [1.807, 2.05) is 44.2 Å². The van der Waals surface area contributed by atoms with Crippen LogP contribution in [0, 0.1) is 5.41 Å². The van der Waals surface area contributed by atoms with Crippen molar-refractivity contribution < 1.29 is 9.53 Å². The standard InChI is InChI=1S/C16H22O2/c1-12(14-9-7-6-8-10-14)11-15(17)18-13(2)16(3,4)5/h6-11,13H,1-5H3/b12-11+/t13-/m0/s1. The number of hydrogen-bond acceptors (Lipinski definition) is 2. The molecule has 18 heavy (non-hydrogen) atoms. The lowest BCUT2D eigenvalue weighted by atomic mass is 9.90. The second-order valence-corrected chi connectivity index (χ2v) is 5.64. The van der Waals surface area contributed by atoms with Crippen LogP contribution < -0.4 is 0 Å². The van der Waals surface area contributed by atoms with E-state index in [0.717, 1.165) is 11.1 Å². The van der Waals surface area contributed by atoms with E-state index in [0.29, 0.717) is 0 Å². The summed E-state index contributed by atoms with van der Waals surface area (Å²) < 4.78 is 5.39. The molecule has 1 aromatic rings. The minimum absolute atomic E-state index is 0.0375. The molecule has 0 radical (unpaired) electrons. The second-order valence-electron chi connectivity index (χ2n) is 5.64. The molecule has 0 unspecified atom stereocenters. The highest BCUT2D eigenvalue weighted by molar-refractivity contribution is 5.90. The van der Waals surface area contributed by atoms with Gasteiger partial charge in [-0.25, -0.2) is 4.79 Å². The van der Waals surface area contributed by atoms with Gasteiger partial charge >= 0.3 is 5.97 Å². The molecule has 0 aromatic heterocycles. The highest BCUT2D eigenvalue weighted by atomic mass is 16.5. The van der Waals surface area contributed by atoms with E-state index in [1.165, 1.54) is 0 Å². The van der Waals surface area contributed by atoms with Crippen molar-refractivity contribution in [2.45, 2.75) is 40.7 Å². The zero-order chi connectivity index (χ0) is 13.8. The molecule has 0 bridgehead atoms. The predicted octanol–water partition coefficient (Wildman–Crippen LogP) is 4.07. The first-order valence-electron chi connectivity index (χ1n) is 6.25. The molecule has 0 aliphatic carbocycles. The van der Waals surface area contributed by atoms with Crippen molar-refractivity contribution in [2.75, 3.05) is 0 Å². The van der Waals surface area contributed by atoms with Gasteiger partial charge in [-0.15, -0.1) is 0 Å². The van der Waals surface area contributed by atoms with Gasteiger partial charge in [0.1, 0.15) is 6.10 Å². The quantitative estimate of drug-likeness (QED) is 0.593. The normalized spacial score (nSPS) is 14.2. The molecule has 2 nitrogen and oxygen atoms in total. The number of carbonyl (C=O) groups is 1. The van der Waals surface area contributed by atoms with Crippen LogP contribution in [0.2, 0.25) is 0 Å². The molecular formula is C16H22O2. The van der Waals surface area contributed by atoms with Gasteiger partial charge in [-0.3, -0.25) is 0 Å². The zero-order valence-corrected chi connectivity index (χ0v) is 11.9. The first kappa shape index (κ1) is 14.5. The molecule has 0 spiro atoms. The highest BCUT2D eigenvalue weighted by Gasteiger charge is 2.23. The summed E-state index contributed by atoms with van der Waals surface area (Å²) in [6.45, 7) is 10.00. The molecule has 2 heteroatoms. The predicted molar refractivity (Wildman–Crippen MR) is 75.1 cm³/mol. The Morgan fingerprint density at radius 1 is 1.22 bits per heavy atom. The summed E-state index contributed by atoms with van der Waals surface area (Å²) in [5.74, 6) is -0.279. The molecule has 0 fully saturated rings. The van der Waals surface area contributed by atoms with Crippen LogP contribution in [-0.4, -0.2) is 12.1 Å². The minimum Gasteiger partial charge on any atom is -0.459 e. The molecule has 1 atom stereocenters. The fourth-order valence-corrected chi connectivity index (χ4v) is 1.35. The van der Waals surface area contributed by atoms with Crippen LogP contribution in [0.25, 0.3) is 5.57 Å². The van der Waals surface area contributed by atoms with Gasteiger partial charge in [-0.1, -0.05) is 51.1 Å². The van der Waals surface area contributed by atoms with E-state index < -0.39 is 0 Å². The highest BCUT2D eigenvalue weighted by Crippen LogP contribution is 2.22. The molecule has 1 rings (SSSR count). The van der Waals surface area contributed by atoms with Crippen molar-refractivity contribution >= 4 is 11.5 Å². The van der Waals surface area contributed by atoms with Crippen molar-refractivity contribution in [1.29, 1.82) is 0 Å². The third kappa shape index (κ3) is 4.36. The summed E-state index contributed by atoms with van der Waals surface area (Å²) in [5, 5.41) is 0. The molecule has 0 aliphatic rings. The van der Waals surface area contributed by atoms with Crippen molar-refractivity contribution in [2.24, 2.45) is 5.41 Å². The number of allylic oxidation sites excluding steroid dienone is 1. The Morgan fingerprint density at radius 2 is 1.78 bits per heavy atom. The average molecular weight is 246 g/mol. The van der Waals surface area contributed by atoms with Gasteiger partial charge < -0.3 is 4.74 Å². The second kappa shape index (κ2) is 5.85. The SMILES string of the molecule is C/C(=C\C(=O)O[C@@H](C)C(C)(C)C)c1ccccc1. The van der Waals surface area contributed by atoms with Gasteiger partial charge in [0.2, 0.25) is 0 Å². The zero-order valence-electron chi connectivity index (χ0n) is 11.9. The molecule has 1 aromatic carbocycles. The summed E-state index contributed by atoms with van der Waals surface area (Å²) in [6.07, 6.45) is 1.45. The Bertz CT molecular complexity index is 424. The van der Waals surface area contributed by atoms with Crippen molar-refractivity contribution in [1.82, 2.24) is 0 Å². The van der Waals surface area contributed by atoms with Crippen molar-refractivity contribution in [3.05, 3.63) is 42.0 Å². The lowest BCUT2D eigenvalue weighted by molar-refractivity contribution is -0.147. The Kier molecular flexibility index (Phi) is 4.71. The maximum absolute atomic E-state index is 11.8. The van der Waals surface area contributed by atoms with Crippen LogP contribution in [0.4, 0.5) is 0 Å². The van der Waals surface area contributed by atoms with Crippen molar-refractivity contribution in [3.63, 3.8) is 0 Å². The van der Waals surface area contributed by atoms with Gasteiger partial charge in [-0.05, 0) is 30.4 Å². The fourth-order valence-electron chi connectivity index (χ4n) is 1.35. The smallest absolute Gasteiger partial charge is 0.331 e. The largest absolute Gasteiger partial charge is 0.459 e. The Hall–Kier alpha value is -1.57. The van der Waals surface area contributed by atoms with Gasteiger partial charge in [0.25, 0.3) is 0 Å². The van der Waals surface area contributed by atoms with Crippen molar-refractivity contribution in [3.8, 4) is 0 Å². The van der Waals surface area contributed by atoms with E-state index in [1.54, 1.807) is 6.08 Å². The van der Waals surface area contributed by atoms with Crippen LogP contribution in [0.1, 0.15) is 40.2 Å². The Labute approximate surface area is 110 Å². The van der Waals surface area contributed by atoms with Crippen LogP contribution in [0.3, 0.4) is 0 Å². The minimum atomic E-state index is -0.279. The molecule has 0 N–H and O–H groups in total. The maximum atomic E-state index is 11.8. The summed E-state index contributed by atoms with van der Waals surface area (Å²) in [7, 11) is 0. The first-order chi connectivity index (χ1) is 8.30. The van der Waals surface area contributed by atoms with Gasteiger partial charge in [0.15, 0.2) is 0 Å². The topological polar surface area (TPSA) is 26.3 Å². The number of ether oxygens (including phenoxy) is 1. The van der Waals surface area contributed by atoms with Gasteiger partial charge in [0.05, 0.1) is 0 Å².